The molecule has 0 aliphatic carbocycles. The van der Waals surface area contributed by atoms with Crippen LogP contribution in [0.5, 0.6) is 0 Å². The summed E-state index contributed by atoms with van der Waals surface area (Å²) in [6.07, 6.45) is 6.28. The van der Waals surface area contributed by atoms with Gasteiger partial charge < -0.3 is 15.1 Å². The topological polar surface area (TPSA) is 94.7 Å². The summed E-state index contributed by atoms with van der Waals surface area (Å²) >= 11 is 0. The molecule has 3 aromatic rings. The number of carboxylic acids is 1. The Hall–Kier alpha value is -3.67. The maximum absolute atomic E-state index is 11.7. The molecule has 0 unspecified atom stereocenters. The van der Waals surface area contributed by atoms with Gasteiger partial charge in [-0.15, -0.1) is 0 Å². The molecule has 7 heteroatoms. The molecular weight excluding hydrogens is 572 g/mol. The monoisotopic (exact) mass is 611 g/mol. The van der Waals surface area contributed by atoms with Gasteiger partial charge in [0, 0.05) is 33.7 Å². The number of fused-ring (bicyclic) bond motifs is 8. The Morgan fingerprint density at radius 3 is 1.79 bits per heavy atom. The van der Waals surface area contributed by atoms with Gasteiger partial charge in [-0.1, -0.05) is 27.7 Å². The number of aromatic nitrogens is 4. The molecule has 8 bridgehead atoms. The predicted octanol–water partition coefficient (Wildman–Crippen LogP) is 8.83. The van der Waals surface area contributed by atoms with Gasteiger partial charge >= 0.3 is 23.0 Å². The van der Waals surface area contributed by atoms with E-state index >= 15 is 0 Å². The number of aromatic amines is 2. The Labute approximate surface area is 258 Å². The van der Waals surface area contributed by atoms with Crippen molar-refractivity contribution >= 4 is 56.4 Å². The van der Waals surface area contributed by atoms with Crippen molar-refractivity contribution in [3.05, 3.63) is 74.9 Å². The molecule has 0 fully saturated rings. The van der Waals surface area contributed by atoms with E-state index in [0.29, 0.717) is 0 Å². The van der Waals surface area contributed by atoms with Crippen LogP contribution in [-0.2, 0) is 34.7 Å². The molecule has 5 heterocycles. The van der Waals surface area contributed by atoms with Crippen molar-refractivity contribution in [1.29, 1.82) is 0 Å². The van der Waals surface area contributed by atoms with Gasteiger partial charge in [0.05, 0.1) is 22.8 Å². The van der Waals surface area contributed by atoms with Crippen LogP contribution in [0.2, 0.25) is 0 Å². The predicted molar refractivity (Wildman–Crippen MR) is 171 cm³/mol. The maximum Gasteiger partial charge on any atom is 2.00 e. The van der Waals surface area contributed by atoms with Crippen molar-refractivity contribution in [1.82, 2.24) is 19.9 Å². The van der Waals surface area contributed by atoms with Gasteiger partial charge in [0.25, 0.3) is 0 Å². The van der Waals surface area contributed by atoms with E-state index in [9.17, 15) is 9.90 Å². The number of H-pyrrole nitrogens is 2. The van der Waals surface area contributed by atoms with Crippen LogP contribution in [0.25, 0.3) is 50.4 Å². The van der Waals surface area contributed by atoms with E-state index in [2.05, 4.69) is 83.6 Å². The number of aryl methyl sites for hydroxylation is 4. The second-order valence-electron chi connectivity index (χ2n) is 10.9. The van der Waals surface area contributed by atoms with Crippen molar-refractivity contribution < 1.29 is 27.0 Å². The second kappa shape index (κ2) is 12.3. The summed E-state index contributed by atoms with van der Waals surface area (Å²) in [4.78, 5) is 29.4. The summed E-state index contributed by atoms with van der Waals surface area (Å²) < 4.78 is 0. The average Bonchev–Trinajstić information content (AvgIpc) is 3.61. The fraction of sp³-hybridized carbons (Fsp3) is 0.343. The van der Waals surface area contributed by atoms with Crippen LogP contribution in [0.15, 0.2) is 24.3 Å². The Bertz CT molecular complexity index is 1850. The number of carboxylic acid groups (broad SMARTS) is 1. The molecule has 2 aliphatic rings. The summed E-state index contributed by atoms with van der Waals surface area (Å²) in [6, 6.07) is 6.55. The summed E-state index contributed by atoms with van der Waals surface area (Å²) in [7, 11) is 0. The van der Waals surface area contributed by atoms with Gasteiger partial charge in [-0.2, -0.15) is 0 Å². The van der Waals surface area contributed by atoms with E-state index in [1.165, 1.54) is 28.3 Å². The number of hydrogen-bond acceptors (Lipinski definition) is 3. The summed E-state index contributed by atoms with van der Waals surface area (Å²) in [5.74, 6) is -0.996. The van der Waals surface area contributed by atoms with Gasteiger partial charge in [-0.3, -0.25) is 0 Å². The summed E-state index contributed by atoms with van der Waals surface area (Å²) in [5.41, 5.74) is 17.9. The number of aliphatic carboxylic acids is 1. The molecule has 0 amide bonds. The zero-order valence-electron chi connectivity index (χ0n) is 25.8. The molecule has 2 aliphatic heterocycles. The quantitative estimate of drug-likeness (QED) is 0.192. The van der Waals surface area contributed by atoms with Crippen LogP contribution in [0.3, 0.4) is 0 Å². The Balaban J connectivity index is 0.00000405. The first-order chi connectivity index (χ1) is 19.6. The second-order valence-corrected chi connectivity index (χ2v) is 10.9. The standard InChI is InChI=1S/C35H40N4O2.Cu/c1-9-22-19(6)28-16-32-24(11-3)21(8)34(39-32)26(13-14-33(40)41)35-25(12-4)20(7)29(38-35)17-31-23(10-2)18(5)27(36-31)15-30(22)37-28;/h13-17,36-37H,9-12H2,1-8H3,(H,40,41);/q;+2/b14-13+,27-15?,28-16?,29-17?,30-15?,31-17?,32-16?,34-26?,35-26?;. The van der Waals surface area contributed by atoms with Crippen LogP contribution in [0.1, 0.15) is 105 Å². The molecule has 0 atom stereocenters. The first-order valence-electron chi connectivity index (χ1n) is 14.7. The molecule has 0 saturated carbocycles. The van der Waals surface area contributed by atoms with E-state index in [0.717, 1.165) is 98.4 Å². The number of nitrogens with one attached hydrogen (secondary N) is 2. The number of hydrogen-bond donors (Lipinski definition) is 3. The number of rotatable bonds is 6. The Morgan fingerprint density at radius 2 is 1.24 bits per heavy atom. The fourth-order valence-electron chi connectivity index (χ4n) is 6.48. The van der Waals surface area contributed by atoms with Crippen LogP contribution in [-0.4, -0.2) is 31.0 Å². The zero-order valence-corrected chi connectivity index (χ0v) is 26.7. The molecule has 0 aromatic carbocycles. The fourth-order valence-corrected chi connectivity index (χ4v) is 6.48. The Morgan fingerprint density at radius 1 is 0.714 bits per heavy atom. The molecule has 42 heavy (non-hydrogen) atoms. The van der Waals surface area contributed by atoms with Gasteiger partial charge in [0.15, 0.2) is 0 Å². The number of carbonyl (C=O) groups is 1. The molecule has 5 rings (SSSR count). The number of nitrogens with zero attached hydrogens (tertiary/aromatic N) is 2. The van der Waals surface area contributed by atoms with Gasteiger partial charge in [0.2, 0.25) is 0 Å². The minimum absolute atomic E-state index is 0. The third kappa shape index (κ3) is 5.21. The van der Waals surface area contributed by atoms with E-state index in [1.54, 1.807) is 6.08 Å². The van der Waals surface area contributed by atoms with E-state index in [4.69, 9.17) is 9.97 Å². The minimum Gasteiger partial charge on any atom is -0.478 e. The molecular formula is C35H40CuN4O2+2. The average molecular weight is 612 g/mol. The minimum atomic E-state index is -0.996. The molecule has 221 valence electrons. The molecule has 0 saturated heterocycles. The third-order valence-electron chi connectivity index (χ3n) is 8.77. The van der Waals surface area contributed by atoms with E-state index in [-0.39, 0.29) is 17.1 Å². The smallest absolute Gasteiger partial charge is 0.478 e. The van der Waals surface area contributed by atoms with E-state index < -0.39 is 5.97 Å². The molecule has 1 radical (unpaired) electrons. The van der Waals surface area contributed by atoms with Gasteiger partial charge in [-0.05, 0) is 122 Å². The normalized spacial score (nSPS) is 13.3. The molecule has 3 aromatic heterocycles. The van der Waals surface area contributed by atoms with Gasteiger partial charge in [0.1, 0.15) is 0 Å². The van der Waals surface area contributed by atoms with Crippen LogP contribution in [0, 0.1) is 13.8 Å². The molecule has 6 nitrogen and oxygen atoms in total. The SMILES string of the molecule is CCC1=C(C)c2nc1cc1[nH]c(cc3[nH]c(cc4nc(c2/C=C/C(=O)O)C(CC)=C4C)c(CC)c3C)c(CC)c1C.[Cu+2]. The molecule has 3 N–H and O–H groups in total. The van der Waals surface area contributed by atoms with Crippen LogP contribution >= 0.6 is 0 Å². The Kier molecular flexibility index (Phi) is 9.15. The maximum atomic E-state index is 11.7. The third-order valence-corrected chi connectivity index (χ3v) is 8.77. The van der Waals surface area contributed by atoms with Crippen molar-refractivity contribution in [2.75, 3.05) is 0 Å². The van der Waals surface area contributed by atoms with Crippen molar-refractivity contribution in [2.45, 2.75) is 81.1 Å². The van der Waals surface area contributed by atoms with Crippen LogP contribution < -0.4 is 0 Å². The first kappa shape index (κ1) is 31.3. The van der Waals surface area contributed by atoms with Crippen molar-refractivity contribution in [3.63, 3.8) is 0 Å². The van der Waals surface area contributed by atoms with E-state index in [1.807, 2.05) is 0 Å². The van der Waals surface area contributed by atoms with Crippen LogP contribution in [0.4, 0.5) is 0 Å². The van der Waals surface area contributed by atoms with Crippen molar-refractivity contribution in [2.24, 2.45) is 0 Å². The van der Waals surface area contributed by atoms with Crippen molar-refractivity contribution in [3.8, 4) is 0 Å². The summed E-state index contributed by atoms with van der Waals surface area (Å²) in [6.45, 7) is 17.2. The summed E-state index contributed by atoms with van der Waals surface area (Å²) in [5, 5.41) is 9.59. The van der Waals surface area contributed by atoms with Gasteiger partial charge in [-0.25, -0.2) is 14.8 Å². The largest absolute Gasteiger partial charge is 2.00 e. The number of allylic oxidation sites excluding steroid dienone is 4. The molecule has 0 spiro atoms. The first-order valence-corrected chi connectivity index (χ1v) is 14.7. The zero-order chi connectivity index (χ0) is 29.6.